The molecule has 0 spiro atoms. The molecule has 116 valence electrons. The zero-order valence-corrected chi connectivity index (χ0v) is 16.1. The molecule has 0 unspecified atom stereocenters. The summed E-state index contributed by atoms with van der Waals surface area (Å²) in [5.41, 5.74) is 0.892. The second-order valence-electron chi connectivity index (χ2n) is 6.42. The van der Waals surface area contributed by atoms with Crippen molar-refractivity contribution in [2.45, 2.75) is 38.9 Å². The molecule has 0 aliphatic carbocycles. The third kappa shape index (κ3) is 5.00. The number of halogens is 1. The van der Waals surface area contributed by atoms with Crippen LogP contribution in [-0.4, -0.2) is 21.4 Å². The number of methoxy groups -OCH3 is 1. The molecule has 0 bridgehead atoms. The second-order valence-corrected chi connectivity index (χ2v) is 12.1. The van der Waals surface area contributed by atoms with Crippen LogP contribution in [0, 0.1) is 0 Å². The molecular formula is C16H23BrO3Si. The summed E-state index contributed by atoms with van der Waals surface area (Å²) >= 11 is 3.42. The summed E-state index contributed by atoms with van der Waals surface area (Å²) in [5.74, 6) is -0.179. The maximum Gasteiger partial charge on any atom is 0.371 e. The van der Waals surface area contributed by atoms with Gasteiger partial charge in [0, 0.05) is 4.47 Å². The van der Waals surface area contributed by atoms with Gasteiger partial charge in [-0.1, -0.05) is 48.8 Å². The Morgan fingerprint density at radius 1 is 1.29 bits per heavy atom. The van der Waals surface area contributed by atoms with Crippen LogP contribution in [0.25, 0.3) is 6.08 Å². The molecule has 21 heavy (non-hydrogen) atoms. The van der Waals surface area contributed by atoms with Crippen LogP contribution in [0.3, 0.4) is 0 Å². The Balaban J connectivity index is 3.16. The van der Waals surface area contributed by atoms with Gasteiger partial charge in [-0.25, -0.2) is 4.79 Å². The van der Waals surface area contributed by atoms with Crippen molar-refractivity contribution in [2.75, 3.05) is 7.11 Å². The van der Waals surface area contributed by atoms with Gasteiger partial charge >= 0.3 is 5.97 Å². The molecule has 0 saturated carbocycles. The van der Waals surface area contributed by atoms with Crippen LogP contribution in [0.4, 0.5) is 0 Å². The van der Waals surface area contributed by atoms with E-state index < -0.39 is 14.3 Å². The molecule has 0 aliphatic heterocycles. The topological polar surface area (TPSA) is 35.5 Å². The van der Waals surface area contributed by atoms with Crippen LogP contribution in [0.5, 0.6) is 0 Å². The predicted molar refractivity (Wildman–Crippen MR) is 92.4 cm³/mol. The Bertz CT molecular complexity index is 545. The summed E-state index contributed by atoms with van der Waals surface area (Å²) in [6.07, 6.45) is 1.73. The predicted octanol–water partition coefficient (Wildman–Crippen LogP) is 4.98. The van der Waals surface area contributed by atoms with Crippen molar-refractivity contribution >= 4 is 36.3 Å². The van der Waals surface area contributed by atoms with Crippen molar-refractivity contribution in [3.8, 4) is 0 Å². The molecule has 0 N–H and O–H groups in total. The summed E-state index contributed by atoms with van der Waals surface area (Å²) in [6.45, 7) is 10.6. The van der Waals surface area contributed by atoms with Gasteiger partial charge in [-0.2, -0.15) is 0 Å². The summed E-state index contributed by atoms with van der Waals surface area (Å²) in [5, 5.41) is 0.0113. The maximum atomic E-state index is 12.0. The minimum absolute atomic E-state index is 0.0113. The lowest BCUT2D eigenvalue weighted by molar-refractivity contribution is -0.138. The minimum atomic E-state index is -2.10. The Hall–Kier alpha value is -1.07. The van der Waals surface area contributed by atoms with E-state index in [0.29, 0.717) is 0 Å². The third-order valence-electron chi connectivity index (χ3n) is 3.70. The molecule has 0 fully saturated rings. The number of esters is 1. The Kier molecular flexibility index (Phi) is 5.81. The summed E-state index contributed by atoms with van der Waals surface area (Å²) in [7, 11) is -0.728. The van der Waals surface area contributed by atoms with E-state index in [1.54, 1.807) is 6.08 Å². The molecule has 0 aromatic heterocycles. The van der Waals surface area contributed by atoms with Gasteiger partial charge in [0.05, 0.1) is 7.11 Å². The number of carbonyl (C=O) groups is 1. The molecule has 0 radical (unpaired) electrons. The quantitative estimate of drug-likeness (QED) is 0.324. The number of ether oxygens (including phenoxy) is 1. The highest BCUT2D eigenvalue weighted by atomic mass is 79.9. The van der Waals surface area contributed by atoms with Gasteiger partial charge in [-0.3, -0.25) is 0 Å². The van der Waals surface area contributed by atoms with Crippen molar-refractivity contribution in [3.63, 3.8) is 0 Å². The van der Waals surface area contributed by atoms with Crippen molar-refractivity contribution in [1.82, 2.24) is 0 Å². The molecule has 5 heteroatoms. The zero-order valence-electron chi connectivity index (χ0n) is 13.5. The van der Waals surface area contributed by atoms with E-state index in [0.717, 1.165) is 10.0 Å². The molecule has 0 aliphatic rings. The van der Waals surface area contributed by atoms with E-state index in [9.17, 15) is 4.79 Å². The van der Waals surface area contributed by atoms with E-state index in [2.05, 4.69) is 49.8 Å². The molecule has 0 atom stereocenters. The van der Waals surface area contributed by atoms with Crippen molar-refractivity contribution in [3.05, 3.63) is 40.1 Å². The van der Waals surface area contributed by atoms with Crippen LogP contribution in [0.2, 0.25) is 18.1 Å². The fourth-order valence-corrected chi connectivity index (χ4v) is 2.82. The van der Waals surface area contributed by atoms with Crippen LogP contribution < -0.4 is 0 Å². The highest BCUT2D eigenvalue weighted by molar-refractivity contribution is 9.10. The fourth-order valence-electron chi connectivity index (χ4n) is 1.41. The summed E-state index contributed by atoms with van der Waals surface area (Å²) < 4.78 is 11.9. The van der Waals surface area contributed by atoms with Gasteiger partial charge in [0.2, 0.25) is 0 Å². The SMILES string of the molecule is COC(=O)/C(=C\c1cccc(Br)c1)O[Si](C)(C)C(C)(C)C. The lowest BCUT2D eigenvalue weighted by Crippen LogP contribution is -2.41. The van der Waals surface area contributed by atoms with Gasteiger partial charge in [0.25, 0.3) is 8.32 Å². The number of hydrogen-bond acceptors (Lipinski definition) is 3. The number of carbonyl (C=O) groups excluding carboxylic acids is 1. The standard InChI is InChI=1S/C16H23BrO3Si/c1-16(2,3)21(5,6)20-14(15(18)19-4)11-12-8-7-9-13(17)10-12/h7-11H,1-6H3/b14-11+. The van der Waals surface area contributed by atoms with Crippen LogP contribution >= 0.6 is 15.9 Å². The first-order valence-electron chi connectivity index (χ1n) is 6.81. The second kappa shape index (κ2) is 6.79. The Labute approximate surface area is 136 Å². The minimum Gasteiger partial charge on any atom is -0.539 e. The Morgan fingerprint density at radius 3 is 2.38 bits per heavy atom. The van der Waals surface area contributed by atoms with Gasteiger partial charge in [0.15, 0.2) is 5.76 Å². The number of hydrogen-bond donors (Lipinski definition) is 0. The average molecular weight is 371 g/mol. The summed E-state index contributed by atoms with van der Waals surface area (Å²) in [4.78, 5) is 12.0. The van der Waals surface area contributed by atoms with Crippen molar-refractivity contribution in [2.24, 2.45) is 0 Å². The lowest BCUT2D eigenvalue weighted by atomic mass is 10.2. The average Bonchev–Trinajstić information content (AvgIpc) is 2.35. The molecule has 0 saturated heterocycles. The van der Waals surface area contributed by atoms with Crippen LogP contribution in [0.1, 0.15) is 26.3 Å². The van der Waals surface area contributed by atoms with Crippen molar-refractivity contribution < 1.29 is 14.0 Å². The molecular weight excluding hydrogens is 348 g/mol. The molecule has 1 aromatic rings. The molecule has 3 nitrogen and oxygen atoms in total. The number of rotatable bonds is 4. The first-order chi connectivity index (χ1) is 9.56. The highest BCUT2D eigenvalue weighted by Gasteiger charge is 2.40. The fraction of sp³-hybridized carbons (Fsp3) is 0.438. The van der Waals surface area contributed by atoms with Gasteiger partial charge in [-0.15, -0.1) is 0 Å². The van der Waals surface area contributed by atoms with Crippen molar-refractivity contribution in [1.29, 1.82) is 0 Å². The third-order valence-corrected chi connectivity index (χ3v) is 8.54. The monoisotopic (exact) mass is 370 g/mol. The van der Waals surface area contributed by atoms with Gasteiger partial charge in [0.1, 0.15) is 0 Å². The zero-order chi connectivity index (χ0) is 16.3. The molecule has 1 aromatic carbocycles. The Morgan fingerprint density at radius 2 is 1.90 bits per heavy atom. The van der Waals surface area contributed by atoms with E-state index >= 15 is 0 Å². The van der Waals surface area contributed by atoms with E-state index in [1.807, 2.05) is 24.3 Å². The van der Waals surface area contributed by atoms with Gasteiger partial charge in [-0.05, 0) is 41.9 Å². The first-order valence-corrected chi connectivity index (χ1v) is 10.5. The van der Waals surface area contributed by atoms with E-state index in [1.165, 1.54) is 7.11 Å². The molecule has 0 amide bonds. The summed E-state index contributed by atoms with van der Waals surface area (Å²) in [6, 6.07) is 7.70. The van der Waals surface area contributed by atoms with Crippen LogP contribution in [0.15, 0.2) is 34.5 Å². The molecule has 0 heterocycles. The maximum absolute atomic E-state index is 12.0. The normalized spacial score (nSPS) is 13.0. The largest absolute Gasteiger partial charge is 0.539 e. The van der Waals surface area contributed by atoms with Gasteiger partial charge < -0.3 is 9.16 Å². The first kappa shape index (κ1) is 18.0. The lowest BCUT2D eigenvalue weighted by Gasteiger charge is -2.36. The number of benzene rings is 1. The smallest absolute Gasteiger partial charge is 0.371 e. The highest BCUT2D eigenvalue weighted by Crippen LogP contribution is 2.38. The van der Waals surface area contributed by atoms with E-state index in [-0.39, 0.29) is 10.8 Å². The van der Waals surface area contributed by atoms with Crippen LogP contribution in [-0.2, 0) is 14.0 Å². The van der Waals surface area contributed by atoms with E-state index in [4.69, 9.17) is 9.16 Å². The molecule has 1 rings (SSSR count).